The molecule has 84 valence electrons. The minimum absolute atomic E-state index is 0.247. The first-order chi connectivity index (χ1) is 6.91. The predicted molar refractivity (Wildman–Crippen MR) is 61.2 cm³/mol. The summed E-state index contributed by atoms with van der Waals surface area (Å²) in [4.78, 5) is 12.6. The Morgan fingerprint density at radius 2 is 2.27 bits per heavy atom. The lowest BCUT2D eigenvalue weighted by molar-refractivity contribution is -0.118. The lowest BCUT2D eigenvalue weighted by Crippen LogP contribution is -2.30. The fourth-order valence-electron chi connectivity index (χ4n) is 1.43. The van der Waals surface area contributed by atoms with E-state index in [1.54, 1.807) is 4.68 Å². The topological polar surface area (TPSA) is 64.2 Å². The average molecular weight is 275 g/mol. The number of carbonyl (C=O) groups excluding carboxylic acids is 1. The summed E-state index contributed by atoms with van der Waals surface area (Å²) < 4.78 is 2.79. The fraction of sp³-hybridized carbons (Fsp3) is 0.556. The maximum atomic E-state index is 10.7. The van der Waals surface area contributed by atoms with Crippen molar-refractivity contribution in [2.45, 2.75) is 13.5 Å². The molecule has 0 aromatic carbocycles. The third kappa shape index (κ3) is 3.04. The normalized spacial score (nSPS) is 11.0. The van der Waals surface area contributed by atoms with Gasteiger partial charge in [0.25, 0.3) is 0 Å². The van der Waals surface area contributed by atoms with Crippen molar-refractivity contribution in [2.24, 2.45) is 12.8 Å². The molecule has 0 bridgehead atoms. The van der Waals surface area contributed by atoms with Gasteiger partial charge in [0.15, 0.2) is 0 Å². The molecule has 6 heteroatoms. The quantitative estimate of drug-likeness (QED) is 0.865. The molecule has 0 saturated heterocycles. The molecule has 0 unspecified atom stereocenters. The highest BCUT2D eigenvalue weighted by atomic mass is 79.9. The van der Waals surface area contributed by atoms with Crippen LogP contribution in [0.15, 0.2) is 4.47 Å². The van der Waals surface area contributed by atoms with Crippen LogP contribution in [0.5, 0.6) is 0 Å². The van der Waals surface area contributed by atoms with Crippen LogP contribution < -0.4 is 5.73 Å². The number of halogens is 1. The Labute approximate surface area is 97.4 Å². The van der Waals surface area contributed by atoms with E-state index in [4.69, 9.17) is 5.73 Å². The van der Waals surface area contributed by atoms with Crippen LogP contribution in [0, 0.1) is 6.92 Å². The van der Waals surface area contributed by atoms with E-state index < -0.39 is 0 Å². The molecule has 0 fully saturated rings. The summed E-state index contributed by atoms with van der Waals surface area (Å²) in [5, 5.41) is 4.27. The molecule has 0 aliphatic carbocycles. The number of amides is 1. The van der Waals surface area contributed by atoms with E-state index >= 15 is 0 Å². The molecule has 1 aromatic heterocycles. The fourth-order valence-corrected chi connectivity index (χ4v) is 1.89. The number of aromatic nitrogens is 2. The zero-order chi connectivity index (χ0) is 11.6. The summed E-state index contributed by atoms with van der Waals surface area (Å²) >= 11 is 3.47. The molecule has 0 saturated carbocycles. The zero-order valence-electron chi connectivity index (χ0n) is 9.12. The second kappa shape index (κ2) is 4.76. The highest BCUT2D eigenvalue weighted by Gasteiger charge is 2.13. The minimum atomic E-state index is -0.326. The van der Waals surface area contributed by atoms with Crippen molar-refractivity contribution in [1.82, 2.24) is 14.7 Å². The lowest BCUT2D eigenvalue weighted by atomic mass is 10.3. The van der Waals surface area contributed by atoms with Crippen LogP contribution in [-0.4, -0.2) is 34.2 Å². The van der Waals surface area contributed by atoms with Crippen molar-refractivity contribution in [3.05, 3.63) is 15.9 Å². The number of primary amides is 1. The van der Waals surface area contributed by atoms with Crippen LogP contribution in [0.4, 0.5) is 0 Å². The van der Waals surface area contributed by atoms with Gasteiger partial charge in [-0.1, -0.05) is 0 Å². The second-order valence-electron chi connectivity index (χ2n) is 3.61. The smallest absolute Gasteiger partial charge is 0.231 e. The number of aryl methyl sites for hydroxylation is 2. The van der Waals surface area contributed by atoms with Crippen LogP contribution in [-0.2, 0) is 18.4 Å². The molecule has 0 aliphatic heterocycles. The third-order valence-electron chi connectivity index (χ3n) is 2.11. The van der Waals surface area contributed by atoms with Crippen LogP contribution in [0.25, 0.3) is 0 Å². The van der Waals surface area contributed by atoms with E-state index in [1.807, 2.05) is 25.9 Å². The van der Waals surface area contributed by atoms with Crippen molar-refractivity contribution >= 4 is 21.8 Å². The van der Waals surface area contributed by atoms with Crippen molar-refractivity contribution in [2.75, 3.05) is 13.6 Å². The van der Waals surface area contributed by atoms with Gasteiger partial charge in [0, 0.05) is 13.6 Å². The van der Waals surface area contributed by atoms with Gasteiger partial charge in [-0.05, 0) is 29.9 Å². The standard InChI is InChI=1S/C9H15BrN4O/c1-6-9(10)7(14(3)12-6)4-13(2)5-8(11)15/h4-5H2,1-3H3,(H2,11,15). The van der Waals surface area contributed by atoms with Gasteiger partial charge in [-0.15, -0.1) is 0 Å². The molecule has 15 heavy (non-hydrogen) atoms. The number of hydrogen-bond acceptors (Lipinski definition) is 3. The molecule has 1 rings (SSSR count). The number of carbonyl (C=O) groups is 1. The number of nitrogens with two attached hydrogens (primary N) is 1. The van der Waals surface area contributed by atoms with Gasteiger partial charge in [-0.25, -0.2) is 0 Å². The summed E-state index contributed by atoms with van der Waals surface area (Å²) in [7, 11) is 3.73. The molecule has 0 spiro atoms. The predicted octanol–water partition coefficient (Wildman–Crippen LogP) is 0.408. The molecule has 0 aliphatic rings. The molecular formula is C9H15BrN4O. The summed E-state index contributed by atoms with van der Waals surface area (Å²) in [6.07, 6.45) is 0. The number of rotatable bonds is 4. The molecular weight excluding hydrogens is 260 g/mol. The maximum Gasteiger partial charge on any atom is 0.231 e. The second-order valence-corrected chi connectivity index (χ2v) is 4.40. The highest BCUT2D eigenvalue weighted by molar-refractivity contribution is 9.10. The monoisotopic (exact) mass is 274 g/mol. The Bertz CT molecular complexity index is 374. The van der Waals surface area contributed by atoms with Crippen LogP contribution in [0.2, 0.25) is 0 Å². The molecule has 2 N–H and O–H groups in total. The van der Waals surface area contributed by atoms with Crippen LogP contribution >= 0.6 is 15.9 Å². The third-order valence-corrected chi connectivity index (χ3v) is 3.14. The van der Waals surface area contributed by atoms with E-state index in [1.165, 1.54) is 0 Å². The van der Waals surface area contributed by atoms with E-state index in [0.29, 0.717) is 6.54 Å². The summed E-state index contributed by atoms with van der Waals surface area (Å²) in [6.45, 7) is 2.82. The SMILES string of the molecule is Cc1nn(C)c(CN(C)CC(N)=O)c1Br. The lowest BCUT2D eigenvalue weighted by Gasteiger charge is -2.14. The summed E-state index contributed by atoms with van der Waals surface area (Å²) in [5.74, 6) is -0.326. The van der Waals surface area contributed by atoms with Gasteiger partial charge in [0.2, 0.25) is 5.91 Å². The van der Waals surface area contributed by atoms with E-state index in [9.17, 15) is 4.79 Å². The molecule has 5 nitrogen and oxygen atoms in total. The summed E-state index contributed by atoms with van der Waals surface area (Å²) in [5.41, 5.74) is 7.10. The Morgan fingerprint density at radius 3 is 2.67 bits per heavy atom. The average Bonchev–Trinajstić information content (AvgIpc) is 2.31. The Hall–Kier alpha value is -0.880. The van der Waals surface area contributed by atoms with Crippen LogP contribution in [0.3, 0.4) is 0 Å². The first kappa shape index (κ1) is 12.2. The highest BCUT2D eigenvalue weighted by Crippen LogP contribution is 2.21. The number of likely N-dealkylation sites (N-methyl/N-ethyl adjacent to an activating group) is 1. The summed E-state index contributed by atoms with van der Waals surface area (Å²) in [6, 6.07) is 0. The van der Waals surface area contributed by atoms with Gasteiger partial charge >= 0.3 is 0 Å². The Morgan fingerprint density at radius 1 is 1.67 bits per heavy atom. The van der Waals surface area contributed by atoms with Gasteiger partial charge in [0.05, 0.1) is 22.4 Å². The minimum Gasteiger partial charge on any atom is -0.369 e. The number of nitrogens with zero attached hydrogens (tertiary/aromatic N) is 3. The first-order valence-electron chi connectivity index (χ1n) is 4.56. The Balaban J connectivity index is 2.76. The van der Waals surface area contributed by atoms with Crippen molar-refractivity contribution in [1.29, 1.82) is 0 Å². The van der Waals surface area contributed by atoms with E-state index in [-0.39, 0.29) is 12.5 Å². The first-order valence-corrected chi connectivity index (χ1v) is 5.36. The van der Waals surface area contributed by atoms with Crippen molar-refractivity contribution < 1.29 is 4.79 Å². The molecule has 0 atom stereocenters. The van der Waals surface area contributed by atoms with Crippen LogP contribution in [0.1, 0.15) is 11.4 Å². The van der Waals surface area contributed by atoms with Gasteiger partial charge in [-0.3, -0.25) is 14.4 Å². The molecule has 1 aromatic rings. The molecule has 1 heterocycles. The van der Waals surface area contributed by atoms with Gasteiger partial charge in [0.1, 0.15) is 0 Å². The molecule has 1 amide bonds. The maximum absolute atomic E-state index is 10.7. The molecule has 0 radical (unpaired) electrons. The van der Waals surface area contributed by atoms with Gasteiger partial charge in [-0.2, -0.15) is 5.10 Å². The van der Waals surface area contributed by atoms with Gasteiger partial charge < -0.3 is 5.73 Å². The van der Waals surface area contributed by atoms with E-state index in [2.05, 4.69) is 21.0 Å². The van der Waals surface area contributed by atoms with Crippen molar-refractivity contribution in [3.8, 4) is 0 Å². The zero-order valence-corrected chi connectivity index (χ0v) is 10.7. The van der Waals surface area contributed by atoms with Crippen molar-refractivity contribution in [3.63, 3.8) is 0 Å². The van der Waals surface area contributed by atoms with E-state index in [0.717, 1.165) is 15.9 Å². The Kier molecular flexibility index (Phi) is 3.87. The number of hydrogen-bond donors (Lipinski definition) is 1. The largest absolute Gasteiger partial charge is 0.369 e.